The first kappa shape index (κ1) is 24.1. The molecule has 2 heterocycles. The van der Waals surface area contributed by atoms with Crippen molar-refractivity contribution in [3.8, 4) is 5.75 Å². The Bertz CT molecular complexity index is 1260. The number of aryl methyl sites for hydroxylation is 1. The van der Waals surface area contributed by atoms with Crippen LogP contribution in [0.1, 0.15) is 48.1 Å². The molecule has 180 valence electrons. The molecular formula is C28H27FN2O4. The van der Waals surface area contributed by atoms with E-state index in [1.165, 1.54) is 29.2 Å². The Labute approximate surface area is 203 Å². The molecular weight excluding hydrogens is 447 g/mol. The lowest BCUT2D eigenvalue weighted by Gasteiger charge is -2.25. The number of hydrogen-bond acceptors (Lipinski definition) is 5. The van der Waals surface area contributed by atoms with Gasteiger partial charge in [0.2, 0.25) is 0 Å². The van der Waals surface area contributed by atoms with Crippen molar-refractivity contribution in [2.45, 2.75) is 39.3 Å². The van der Waals surface area contributed by atoms with Crippen molar-refractivity contribution in [1.29, 1.82) is 0 Å². The number of nitrogens with zero attached hydrogens (tertiary/aromatic N) is 2. The van der Waals surface area contributed by atoms with E-state index in [0.29, 0.717) is 29.0 Å². The number of Topliss-reactive ketones (excluding diaryl/α,β-unsaturated/α-hetero) is 1. The largest absolute Gasteiger partial charge is 0.507 e. The van der Waals surface area contributed by atoms with Gasteiger partial charge in [-0.1, -0.05) is 31.5 Å². The molecule has 0 saturated carbocycles. The van der Waals surface area contributed by atoms with E-state index in [1.807, 2.05) is 0 Å². The van der Waals surface area contributed by atoms with Gasteiger partial charge >= 0.3 is 0 Å². The van der Waals surface area contributed by atoms with Crippen LogP contribution in [0.5, 0.6) is 5.75 Å². The first-order valence-electron chi connectivity index (χ1n) is 11.6. The highest BCUT2D eigenvalue weighted by molar-refractivity contribution is 6.46. The average Bonchev–Trinajstić information content (AvgIpc) is 3.10. The summed E-state index contributed by atoms with van der Waals surface area (Å²) in [6.07, 6.45) is 5.18. The number of carbonyl (C=O) groups is 2. The number of aliphatic hydroxyl groups excluding tert-OH is 1. The molecule has 1 aliphatic heterocycles. The first-order valence-corrected chi connectivity index (χ1v) is 11.6. The summed E-state index contributed by atoms with van der Waals surface area (Å²) in [6.45, 7) is 4.59. The summed E-state index contributed by atoms with van der Waals surface area (Å²) in [5, 5.41) is 11.3. The third kappa shape index (κ3) is 5.09. The Hall–Kier alpha value is -4.00. The van der Waals surface area contributed by atoms with Crippen LogP contribution in [0.15, 0.2) is 72.6 Å². The number of ether oxygens (including phenoxy) is 1. The minimum Gasteiger partial charge on any atom is -0.507 e. The van der Waals surface area contributed by atoms with Crippen molar-refractivity contribution in [2.24, 2.45) is 0 Å². The minimum atomic E-state index is -0.879. The van der Waals surface area contributed by atoms with Crippen molar-refractivity contribution in [3.63, 3.8) is 0 Å². The zero-order valence-corrected chi connectivity index (χ0v) is 19.7. The van der Waals surface area contributed by atoms with E-state index in [-0.39, 0.29) is 17.9 Å². The van der Waals surface area contributed by atoms with Crippen molar-refractivity contribution in [1.82, 2.24) is 9.88 Å². The van der Waals surface area contributed by atoms with Gasteiger partial charge in [0.05, 0.1) is 18.2 Å². The smallest absolute Gasteiger partial charge is 0.295 e. The topological polar surface area (TPSA) is 79.7 Å². The fraction of sp³-hybridized carbons (Fsp3) is 0.250. The number of ketones is 1. The third-order valence-electron chi connectivity index (χ3n) is 6.02. The highest BCUT2D eigenvalue weighted by Crippen LogP contribution is 2.41. The zero-order valence-electron chi connectivity index (χ0n) is 19.7. The van der Waals surface area contributed by atoms with Crippen LogP contribution in [0, 0.1) is 12.7 Å². The second-order valence-electron chi connectivity index (χ2n) is 8.52. The summed E-state index contributed by atoms with van der Waals surface area (Å²) in [4.78, 5) is 31.8. The molecule has 1 saturated heterocycles. The van der Waals surface area contributed by atoms with Gasteiger partial charge in [-0.25, -0.2) is 4.39 Å². The molecule has 0 bridgehead atoms. The Morgan fingerprint density at radius 2 is 1.91 bits per heavy atom. The highest BCUT2D eigenvalue weighted by Gasteiger charge is 2.46. The number of hydrogen-bond donors (Lipinski definition) is 1. The number of halogens is 1. The molecule has 2 aromatic carbocycles. The van der Waals surface area contributed by atoms with Crippen LogP contribution >= 0.6 is 0 Å². The van der Waals surface area contributed by atoms with E-state index in [0.717, 1.165) is 18.4 Å². The maximum Gasteiger partial charge on any atom is 0.295 e. The Morgan fingerprint density at radius 3 is 2.57 bits per heavy atom. The summed E-state index contributed by atoms with van der Waals surface area (Å²) in [6, 6.07) is 13.5. The molecule has 7 heteroatoms. The molecule has 1 amide bonds. The van der Waals surface area contributed by atoms with E-state index < -0.39 is 23.5 Å². The molecule has 0 spiro atoms. The van der Waals surface area contributed by atoms with Crippen LogP contribution in [0.4, 0.5) is 4.39 Å². The van der Waals surface area contributed by atoms with Crippen LogP contribution in [0.2, 0.25) is 0 Å². The number of carbonyl (C=O) groups excluding carboxylic acids is 2. The summed E-state index contributed by atoms with van der Waals surface area (Å²) >= 11 is 0. The molecule has 1 fully saturated rings. The zero-order chi connectivity index (χ0) is 24.9. The van der Waals surface area contributed by atoms with Crippen LogP contribution in [-0.4, -0.2) is 33.3 Å². The standard InChI is InChI=1S/C28H27FN2O4/c1-3-4-14-35-22-11-12-23(18(2)15-22)26(32)24-25(20-7-9-21(29)10-8-20)31(28(34)27(24)33)17-19-6-5-13-30-16-19/h5-13,15-16,25,32H,3-4,14,17H2,1-2H3/b26-24+. The molecule has 1 N–H and O–H groups in total. The first-order chi connectivity index (χ1) is 16.9. The molecule has 1 aliphatic rings. The summed E-state index contributed by atoms with van der Waals surface area (Å²) < 4.78 is 19.4. The van der Waals surface area contributed by atoms with Crippen molar-refractivity contribution in [3.05, 3.63) is 101 Å². The van der Waals surface area contributed by atoms with Crippen LogP contribution < -0.4 is 4.74 Å². The van der Waals surface area contributed by atoms with Gasteiger partial charge in [-0.2, -0.15) is 0 Å². The summed E-state index contributed by atoms with van der Waals surface area (Å²) in [5.74, 6) is -1.57. The molecule has 1 aromatic heterocycles. The van der Waals surface area contributed by atoms with Crippen molar-refractivity contribution < 1.29 is 23.8 Å². The molecule has 1 unspecified atom stereocenters. The van der Waals surface area contributed by atoms with Gasteiger partial charge in [-0.15, -0.1) is 0 Å². The van der Waals surface area contributed by atoms with Gasteiger partial charge < -0.3 is 14.7 Å². The van der Waals surface area contributed by atoms with Gasteiger partial charge in [0.1, 0.15) is 17.3 Å². The number of rotatable bonds is 8. The molecule has 6 nitrogen and oxygen atoms in total. The SMILES string of the molecule is CCCCOc1ccc(/C(O)=C2\C(=O)C(=O)N(Cc3cccnc3)C2c2ccc(F)cc2)c(C)c1. The normalized spacial score (nSPS) is 17.1. The number of pyridine rings is 1. The van der Waals surface area contributed by atoms with Gasteiger partial charge in [0, 0.05) is 24.5 Å². The van der Waals surface area contributed by atoms with E-state index in [2.05, 4.69) is 11.9 Å². The predicted molar refractivity (Wildman–Crippen MR) is 130 cm³/mol. The lowest BCUT2D eigenvalue weighted by molar-refractivity contribution is -0.140. The second kappa shape index (κ2) is 10.5. The van der Waals surface area contributed by atoms with Crippen molar-refractivity contribution in [2.75, 3.05) is 6.61 Å². The van der Waals surface area contributed by atoms with Crippen molar-refractivity contribution >= 4 is 17.4 Å². The number of amides is 1. The maximum atomic E-state index is 13.7. The van der Waals surface area contributed by atoms with Crippen LogP contribution in [-0.2, 0) is 16.1 Å². The van der Waals surface area contributed by atoms with Gasteiger partial charge in [-0.3, -0.25) is 14.6 Å². The molecule has 1 atom stereocenters. The third-order valence-corrected chi connectivity index (χ3v) is 6.02. The quantitative estimate of drug-likeness (QED) is 0.207. The second-order valence-corrected chi connectivity index (χ2v) is 8.52. The van der Waals surface area contributed by atoms with Crippen LogP contribution in [0.3, 0.4) is 0 Å². The lowest BCUT2D eigenvalue weighted by atomic mass is 9.93. The number of aliphatic hydroxyl groups is 1. The van der Waals surface area contributed by atoms with E-state index in [4.69, 9.17) is 4.74 Å². The van der Waals surface area contributed by atoms with E-state index in [1.54, 1.807) is 49.6 Å². The maximum absolute atomic E-state index is 13.7. The number of unbranched alkanes of at least 4 members (excludes halogenated alkanes) is 1. The summed E-state index contributed by atoms with van der Waals surface area (Å²) in [7, 11) is 0. The molecule has 4 rings (SSSR count). The van der Waals surface area contributed by atoms with Gasteiger partial charge in [0.25, 0.3) is 11.7 Å². The molecule has 35 heavy (non-hydrogen) atoms. The van der Waals surface area contributed by atoms with Gasteiger partial charge in [0.15, 0.2) is 0 Å². The van der Waals surface area contributed by atoms with E-state index in [9.17, 15) is 19.1 Å². The average molecular weight is 475 g/mol. The number of benzene rings is 2. The number of aromatic nitrogens is 1. The fourth-order valence-corrected chi connectivity index (χ4v) is 4.19. The lowest BCUT2D eigenvalue weighted by Crippen LogP contribution is -2.29. The Kier molecular flexibility index (Phi) is 7.25. The molecule has 3 aromatic rings. The minimum absolute atomic E-state index is 0.0340. The van der Waals surface area contributed by atoms with Crippen LogP contribution in [0.25, 0.3) is 5.76 Å². The summed E-state index contributed by atoms with van der Waals surface area (Å²) in [5.41, 5.74) is 2.35. The van der Waals surface area contributed by atoms with E-state index >= 15 is 0 Å². The molecule has 0 aliphatic carbocycles. The molecule has 0 radical (unpaired) electrons. The Morgan fingerprint density at radius 1 is 1.14 bits per heavy atom. The van der Waals surface area contributed by atoms with Gasteiger partial charge in [-0.05, 0) is 66.4 Å². The fourth-order valence-electron chi connectivity index (χ4n) is 4.19. The highest BCUT2D eigenvalue weighted by atomic mass is 19.1. The predicted octanol–water partition coefficient (Wildman–Crippen LogP) is 5.33. The monoisotopic (exact) mass is 474 g/mol. The number of likely N-dealkylation sites (tertiary alicyclic amines) is 1. The Balaban J connectivity index is 1.78.